The van der Waals surface area contributed by atoms with Crippen molar-refractivity contribution in [3.63, 3.8) is 0 Å². The van der Waals surface area contributed by atoms with Crippen LogP contribution in [0.5, 0.6) is 5.75 Å². The van der Waals surface area contributed by atoms with E-state index in [0.717, 1.165) is 10.9 Å². The van der Waals surface area contributed by atoms with Crippen LogP contribution in [0.25, 0.3) is 10.9 Å². The lowest BCUT2D eigenvalue weighted by atomic mass is 9.95. The second kappa shape index (κ2) is 8.61. The molecule has 2 aromatic heterocycles. The van der Waals surface area contributed by atoms with E-state index in [-0.39, 0.29) is 11.7 Å². The quantitative estimate of drug-likeness (QED) is 0.457. The highest BCUT2D eigenvalue weighted by Crippen LogP contribution is 2.36. The number of fused-ring (bicyclic) bond motifs is 1. The molecule has 2 aromatic carbocycles. The van der Waals surface area contributed by atoms with Crippen molar-refractivity contribution in [2.45, 2.75) is 13.0 Å². The number of phenols is 1. The van der Waals surface area contributed by atoms with Crippen LogP contribution in [0.2, 0.25) is 0 Å². The van der Waals surface area contributed by atoms with E-state index in [4.69, 9.17) is 4.74 Å². The Morgan fingerprint density at radius 2 is 1.80 bits per heavy atom. The van der Waals surface area contributed by atoms with Crippen LogP contribution in [0.4, 0.5) is 5.82 Å². The van der Waals surface area contributed by atoms with Crippen LogP contribution in [-0.4, -0.2) is 27.7 Å². The zero-order chi connectivity index (χ0) is 20.9. The summed E-state index contributed by atoms with van der Waals surface area (Å²) in [5.74, 6) is 0.407. The van der Waals surface area contributed by atoms with Gasteiger partial charge < -0.3 is 15.2 Å². The number of carbonyl (C=O) groups excluding carboxylic acids is 1. The van der Waals surface area contributed by atoms with Crippen LogP contribution in [0, 0.1) is 0 Å². The van der Waals surface area contributed by atoms with Gasteiger partial charge in [0.2, 0.25) is 0 Å². The third-order valence-corrected chi connectivity index (χ3v) is 4.80. The molecule has 0 aliphatic rings. The monoisotopic (exact) mass is 399 g/mol. The van der Waals surface area contributed by atoms with Gasteiger partial charge in [0.15, 0.2) is 0 Å². The zero-order valence-electron chi connectivity index (χ0n) is 16.4. The molecule has 2 N–H and O–H groups in total. The number of carbonyl (C=O) groups is 1. The molecule has 6 heteroatoms. The number of hydrogen-bond acceptors (Lipinski definition) is 6. The lowest BCUT2D eigenvalue weighted by Gasteiger charge is -2.22. The summed E-state index contributed by atoms with van der Waals surface area (Å²) in [5.41, 5.74) is 2.53. The Morgan fingerprint density at radius 1 is 1.00 bits per heavy atom. The lowest BCUT2D eigenvalue weighted by Crippen LogP contribution is -2.14. The lowest BCUT2D eigenvalue weighted by molar-refractivity contribution is 0.0526. The SMILES string of the molecule is CCOC(=O)c1ccc(C(Nc2ccccn2)c2ccc3cccnc3c2O)cc1. The highest BCUT2D eigenvalue weighted by Gasteiger charge is 2.21. The molecule has 0 saturated carbocycles. The molecule has 150 valence electrons. The molecule has 0 aliphatic heterocycles. The number of hydrogen-bond donors (Lipinski definition) is 2. The van der Waals surface area contributed by atoms with Gasteiger partial charge in [-0.25, -0.2) is 9.78 Å². The van der Waals surface area contributed by atoms with Crippen LogP contribution in [0.1, 0.15) is 34.5 Å². The molecular formula is C24H21N3O3. The van der Waals surface area contributed by atoms with Gasteiger partial charge in [-0.15, -0.1) is 0 Å². The van der Waals surface area contributed by atoms with Crippen molar-refractivity contribution in [3.05, 3.63) is 95.8 Å². The average molecular weight is 399 g/mol. The summed E-state index contributed by atoms with van der Waals surface area (Å²) in [6.45, 7) is 2.10. The van der Waals surface area contributed by atoms with E-state index >= 15 is 0 Å². The van der Waals surface area contributed by atoms with Gasteiger partial charge in [0.05, 0.1) is 18.2 Å². The Morgan fingerprint density at radius 3 is 2.53 bits per heavy atom. The van der Waals surface area contributed by atoms with Crippen molar-refractivity contribution in [2.24, 2.45) is 0 Å². The third-order valence-electron chi connectivity index (χ3n) is 4.80. The van der Waals surface area contributed by atoms with E-state index in [9.17, 15) is 9.90 Å². The second-order valence-corrected chi connectivity index (χ2v) is 6.71. The highest BCUT2D eigenvalue weighted by atomic mass is 16.5. The van der Waals surface area contributed by atoms with Gasteiger partial charge in [0.1, 0.15) is 17.1 Å². The summed E-state index contributed by atoms with van der Waals surface area (Å²) >= 11 is 0. The molecule has 2 heterocycles. The van der Waals surface area contributed by atoms with Gasteiger partial charge in [0, 0.05) is 23.3 Å². The molecule has 6 nitrogen and oxygen atoms in total. The number of pyridine rings is 2. The molecule has 4 aromatic rings. The number of esters is 1. The maximum atomic E-state index is 12.0. The van der Waals surface area contributed by atoms with Gasteiger partial charge in [-0.1, -0.05) is 36.4 Å². The summed E-state index contributed by atoms with van der Waals surface area (Å²) in [5, 5.41) is 15.2. The summed E-state index contributed by atoms with van der Waals surface area (Å²) in [7, 11) is 0. The summed E-state index contributed by atoms with van der Waals surface area (Å²) < 4.78 is 5.06. The normalized spacial score (nSPS) is 11.8. The molecule has 1 unspecified atom stereocenters. The molecule has 0 spiro atoms. The fourth-order valence-corrected chi connectivity index (χ4v) is 3.34. The molecule has 1 atom stereocenters. The number of benzene rings is 2. The van der Waals surface area contributed by atoms with Crippen LogP contribution in [0.15, 0.2) is 79.1 Å². The first-order valence-electron chi connectivity index (χ1n) is 9.68. The fraction of sp³-hybridized carbons (Fsp3) is 0.125. The first kappa shape index (κ1) is 19.4. The fourth-order valence-electron chi connectivity index (χ4n) is 3.34. The van der Waals surface area contributed by atoms with E-state index in [1.807, 2.05) is 54.6 Å². The smallest absolute Gasteiger partial charge is 0.338 e. The average Bonchev–Trinajstić information content (AvgIpc) is 2.79. The first-order valence-corrected chi connectivity index (χ1v) is 9.68. The number of aromatic hydroxyl groups is 1. The van der Waals surface area contributed by atoms with E-state index in [1.165, 1.54) is 0 Å². The van der Waals surface area contributed by atoms with Crippen molar-refractivity contribution in [1.29, 1.82) is 0 Å². The standard InChI is InChI=1S/C24H21N3O3/c1-2-30-24(29)18-10-8-17(9-11-18)21(27-20-7-3-4-14-25-20)19-13-12-16-6-5-15-26-22(16)23(19)28/h3-15,21,28H,2H2,1H3,(H,25,27). The topological polar surface area (TPSA) is 84.3 Å². The minimum Gasteiger partial charge on any atom is -0.505 e. The van der Waals surface area contributed by atoms with Gasteiger partial charge in [0.25, 0.3) is 0 Å². The predicted molar refractivity (Wildman–Crippen MR) is 116 cm³/mol. The molecule has 0 radical (unpaired) electrons. The highest BCUT2D eigenvalue weighted by molar-refractivity contribution is 5.89. The van der Waals surface area contributed by atoms with Crippen molar-refractivity contribution in [3.8, 4) is 5.75 Å². The van der Waals surface area contributed by atoms with Crippen LogP contribution in [-0.2, 0) is 4.74 Å². The second-order valence-electron chi connectivity index (χ2n) is 6.71. The van der Waals surface area contributed by atoms with Gasteiger partial charge in [-0.3, -0.25) is 4.98 Å². The number of aromatic nitrogens is 2. The number of rotatable bonds is 6. The largest absolute Gasteiger partial charge is 0.505 e. The maximum Gasteiger partial charge on any atom is 0.338 e. The summed E-state index contributed by atoms with van der Waals surface area (Å²) in [6, 6.07) is 19.8. The van der Waals surface area contributed by atoms with E-state index in [0.29, 0.717) is 29.1 Å². The molecule has 0 saturated heterocycles. The zero-order valence-corrected chi connectivity index (χ0v) is 16.4. The Bertz CT molecular complexity index is 1160. The molecular weight excluding hydrogens is 378 g/mol. The van der Waals surface area contributed by atoms with Gasteiger partial charge in [-0.05, 0) is 42.8 Å². The Hall–Kier alpha value is -3.93. The third kappa shape index (κ3) is 3.93. The summed E-state index contributed by atoms with van der Waals surface area (Å²) in [4.78, 5) is 20.7. The Balaban J connectivity index is 1.77. The molecule has 0 bridgehead atoms. The number of nitrogens with one attached hydrogen (secondary N) is 1. The Labute approximate surface area is 174 Å². The van der Waals surface area contributed by atoms with Crippen molar-refractivity contribution in [2.75, 3.05) is 11.9 Å². The van der Waals surface area contributed by atoms with E-state index in [1.54, 1.807) is 31.5 Å². The maximum absolute atomic E-state index is 12.0. The predicted octanol–water partition coefficient (Wildman–Crippen LogP) is 4.71. The van der Waals surface area contributed by atoms with Crippen molar-refractivity contribution >= 4 is 22.7 Å². The van der Waals surface area contributed by atoms with Crippen LogP contribution >= 0.6 is 0 Å². The summed E-state index contributed by atoms with van der Waals surface area (Å²) in [6.07, 6.45) is 3.35. The number of phenolic OH excluding ortho intramolecular Hbond substituents is 1. The van der Waals surface area contributed by atoms with Crippen LogP contribution < -0.4 is 5.32 Å². The van der Waals surface area contributed by atoms with Crippen LogP contribution in [0.3, 0.4) is 0 Å². The van der Waals surface area contributed by atoms with Crippen molar-refractivity contribution < 1.29 is 14.6 Å². The van der Waals surface area contributed by atoms with Gasteiger partial charge in [-0.2, -0.15) is 0 Å². The minimum atomic E-state index is -0.400. The van der Waals surface area contributed by atoms with Crippen molar-refractivity contribution in [1.82, 2.24) is 9.97 Å². The number of anilines is 1. The minimum absolute atomic E-state index is 0.107. The molecule has 4 rings (SSSR count). The molecule has 0 aliphatic carbocycles. The molecule has 0 fully saturated rings. The molecule has 0 amide bonds. The number of nitrogens with zero attached hydrogens (tertiary/aromatic N) is 2. The Kier molecular flexibility index (Phi) is 5.57. The van der Waals surface area contributed by atoms with Gasteiger partial charge >= 0.3 is 5.97 Å². The van der Waals surface area contributed by atoms with E-state index < -0.39 is 6.04 Å². The van der Waals surface area contributed by atoms with E-state index in [2.05, 4.69) is 15.3 Å². The number of ether oxygens (including phenoxy) is 1. The molecule has 30 heavy (non-hydrogen) atoms. The first-order chi connectivity index (χ1) is 14.7.